The summed E-state index contributed by atoms with van der Waals surface area (Å²) in [5.74, 6) is 0.222. The lowest BCUT2D eigenvalue weighted by molar-refractivity contribution is 0.427. The van der Waals surface area contributed by atoms with E-state index in [0.717, 1.165) is 31.0 Å². The molecule has 0 aliphatic carbocycles. The van der Waals surface area contributed by atoms with E-state index in [1.54, 1.807) is 18.7 Å². The molecule has 0 bridgehead atoms. The molecule has 0 atom stereocenters. The molecule has 1 aromatic heterocycles. The summed E-state index contributed by atoms with van der Waals surface area (Å²) in [5, 5.41) is 10.1. The molecular weight excluding hydrogens is 338 g/mol. The fourth-order valence-corrected chi connectivity index (χ4v) is 3.36. The van der Waals surface area contributed by atoms with Gasteiger partial charge < -0.3 is 5.11 Å². The van der Waals surface area contributed by atoms with E-state index in [0.29, 0.717) is 0 Å². The molecule has 0 saturated carbocycles. The zero-order valence-electron chi connectivity index (χ0n) is 11.0. The fourth-order valence-electron chi connectivity index (χ4n) is 2.07. The summed E-state index contributed by atoms with van der Waals surface area (Å²) < 4.78 is 2.68. The lowest BCUT2D eigenvalue weighted by atomic mass is 10.1. The zero-order valence-corrected chi connectivity index (χ0v) is 13.4. The minimum atomic E-state index is 0.222. The van der Waals surface area contributed by atoms with Gasteiger partial charge in [-0.25, -0.2) is 0 Å². The molecule has 1 aromatic carbocycles. The third-order valence-electron chi connectivity index (χ3n) is 3.12. The summed E-state index contributed by atoms with van der Waals surface area (Å²) >= 11 is 4.92. The second-order valence-electron chi connectivity index (χ2n) is 4.37. The molecule has 3 rings (SSSR count). The third kappa shape index (κ3) is 2.14. The van der Waals surface area contributed by atoms with Crippen LogP contribution in [-0.2, 0) is 7.05 Å². The van der Waals surface area contributed by atoms with Crippen LogP contribution in [0.1, 0.15) is 10.4 Å². The van der Waals surface area contributed by atoms with Crippen LogP contribution >= 0.6 is 27.3 Å². The Morgan fingerprint density at radius 3 is 2.95 bits per heavy atom. The van der Waals surface area contributed by atoms with Gasteiger partial charge in [-0.2, -0.15) is 0 Å². The van der Waals surface area contributed by atoms with Gasteiger partial charge in [0.1, 0.15) is 0 Å². The number of fused-ring (bicyclic) bond motifs is 1. The van der Waals surface area contributed by atoms with Gasteiger partial charge in [0, 0.05) is 35.9 Å². The van der Waals surface area contributed by atoms with E-state index < -0.39 is 0 Å². The Morgan fingerprint density at radius 2 is 2.25 bits per heavy atom. The Bertz CT molecular complexity index is 814. The summed E-state index contributed by atoms with van der Waals surface area (Å²) in [6, 6.07) is 5.97. The summed E-state index contributed by atoms with van der Waals surface area (Å²) in [6.45, 7) is 0. The highest BCUT2D eigenvalue weighted by molar-refractivity contribution is 9.10. The van der Waals surface area contributed by atoms with Gasteiger partial charge in [-0.3, -0.25) is 14.6 Å². The van der Waals surface area contributed by atoms with E-state index in [9.17, 15) is 5.11 Å². The van der Waals surface area contributed by atoms with E-state index in [4.69, 9.17) is 0 Å². The smallest absolute Gasteiger partial charge is 0.210 e. The van der Waals surface area contributed by atoms with Gasteiger partial charge in [-0.1, -0.05) is 27.3 Å². The molecule has 20 heavy (non-hydrogen) atoms. The molecule has 1 N–H and O–H groups in total. The Morgan fingerprint density at radius 1 is 1.45 bits per heavy atom. The standard InChI is InChI=1S/C14H12BrN3OS/c1-16-14-18(2)13(19)12(20-14)5-8-7-17-11-4-3-9(15)6-10(8)11/h3-7,19H,1-2H3. The van der Waals surface area contributed by atoms with E-state index in [-0.39, 0.29) is 5.88 Å². The van der Waals surface area contributed by atoms with Gasteiger partial charge in [-0.15, -0.1) is 0 Å². The molecule has 0 radical (unpaired) electrons. The fraction of sp³-hybridized carbons (Fsp3) is 0.143. The molecule has 0 saturated heterocycles. The normalized spacial score (nSPS) is 16.1. The van der Waals surface area contributed by atoms with E-state index in [1.807, 2.05) is 30.5 Å². The molecule has 0 fully saturated rings. The summed E-state index contributed by atoms with van der Waals surface area (Å²) in [5.41, 5.74) is 2.99. The first-order chi connectivity index (χ1) is 9.60. The summed E-state index contributed by atoms with van der Waals surface area (Å²) in [7, 11) is 3.51. The van der Waals surface area contributed by atoms with Crippen molar-refractivity contribution in [3.63, 3.8) is 0 Å². The van der Waals surface area contributed by atoms with Crippen molar-refractivity contribution in [3.05, 3.63) is 37.9 Å². The number of nitrogens with zero attached hydrogens (tertiary/aromatic N) is 3. The highest BCUT2D eigenvalue weighted by atomic mass is 79.9. The van der Waals surface area contributed by atoms with Gasteiger partial charge >= 0.3 is 0 Å². The van der Waals surface area contributed by atoms with E-state index in [2.05, 4.69) is 25.9 Å². The van der Waals surface area contributed by atoms with Crippen LogP contribution in [0.15, 0.2) is 32.7 Å². The maximum atomic E-state index is 10.1. The van der Waals surface area contributed by atoms with Crippen molar-refractivity contribution in [2.45, 2.75) is 0 Å². The SMILES string of the molecule is CN=c1sc(C=C2C=Nc3ccc(Br)cc32)c(O)n1C. The minimum absolute atomic E-state index is 0.222. The van der Waals surface area contributed by atoms with Gasteiger partial charge in [0.2, 0.25) is 5.88 Å². The molecule has 0 spiro atoms. The first-order valence-corrected chi connectivity index (χ1v) is 7.58. The van der Waals surface area contributed by atoms with Crippen molar-refractivity contribution >= 4 is 50.8 Å². The van der Waals surface area contributed by atoms with E-state index in [1.165, 1.54) is 11.3 Å². The summed E-state index contributed by atoms with van der Waals surface area (Å²) in [6.07, 6.45) is 3.76. The molecule has 1 aliphatic heterocycles. The number of aliphatic imine (C=N–C) groups is 1. The van der Waals surface area contributed by atoms with Crippen LogP contribution in [-0.4, -0.2) is 22.9 Å². The number of benzene rings is 1. The predicted molar refractivity (Wildman–Crippen MR) is 86.6 cm³/mol. The number of hydrogen-bond acceptors (Lipinski definition) is 4. The Balaban J connectivity index is 2.13. The third-order valence-corrected chi connectivity index (χ3v) is 4.77. The maximum absolute atomic E-state index is 10.1. The predicted octanol–water partition coefficient (Wildman–Crippen LogP) is 3.34. The molecule has 6 heteroatoms. The van der Waals surface area contributed by atoms with Crippen LogP contribution in [0.2, 0.25) is 0 Å². The molecule has 102 valence electrons. The minimum Gasteiger partial charge on any atom is -0.493 e. The van der Waals surface area contributed by atoms with Crippen molar-refractivity contribution in [2.75, 3.05) is 7.05 Å². The molecule has 1 aliphatic rings. The Labute approximate surface area is 128 Å². The van der Waals surface area contributed by atoms with Crippen LogP contribution in [0.25, 0.3) is 11.6 Å². The molecule has 2 aromatic rings. The van der Waals surface area contributed by atoms with Crippen LogP contribution < -0.4 is 4.80 Å². The highest BCUT2D eigenvalue weighted by Gasteiger charge is 2.15. The van der Waals surface area contributed by atoms with Crippen LogP contribution in [0.4, 0.5) is 5.69 Å². The lowest BCUT2D eigenvalue weighted by Gasteiger charge is -2.00. The van der Waals surface area contributed by atoms with Crippen molar-refractivity contribution in [3.8, 4) is 5.88 Å². The lowest BCUT2D eigenvalue weighted by Crippen LogP contribution is -2.08. The topological polar surface area (TPSA) is 49.9 Å². The first kappa shape index (κ1) is 13.3. The average Bonchev–Trinajstić information content (AvgIpc) is 2.95. The molecule has 0 amide bonds. The maximum Gasteiger partial charge on any atom is 0.210 e. The van der Waals surface area contributed by atoms with Crippen molar-refractivity contribution in [2.24, 2.45) is 17.0 Å². The average molecular weight is 350 g/mol. The largest absolute Gasteiger partial charge is 0.493 e. The molecule has 2 heterocycles. The number of hydrogen-bond donors (Lipinski definition) is 1. The van der Waals surface area contributed by atoms with Gasteiger partial charge in [0.05, 0.1) is 10.6 Å². The Hall–Kier alpha value is -1.66. The number of allylic oxidation sites excluding steroid dienone is 1. The first-order valence-electron chi connectivity index (χ1n) is 5.97. The van der Waals surface area contributed by atoms with E-state index >= 15 is 0 Å². The second kappa shape index (κ2) is 5.03. The Kier molecular flexibility index (Phi) is 3.35. The van der Waals surface area contributed by atoms with Crippen molar-refractivity contribution in [1.82, 2.24) is 4.57 Å². The second-order valence-corrected chi connectivity index (χ2v) is 6.30. The number of thiazole rings is 1. The number of rotatable bonds is 1. The number of aromatic nitrogens is 1. The molecule has 0 unspecified atom stereocenters. The van der Waals surface area contributed by atoms with Crippen LogP contribution in [0.5, 0.6) is 5.88 Å². The van der Waals surface area contributed by atoms with Gasteiger partial charge in [0.25, 0.3) is 0 Å². The monoisotopic (exact) mass is 349 g/mol. The van der Waals surface area contributed by atoms with Crippen molar-refractivity contribution in [1.29, 1.82) is 0 Å². The molecular formula is C14H12BrN3OS. The zero-order chi connectivity index (χ0) is 14.3. The highest BCUT2D eigenvalue weighted by Crippen LogP contribution is 2.36. The number of aromatic hydroxyl groups is 1. The van der Waals surface area contributed by atoms with Crippen molar-refractivity contribution < 1.29 is 5.11 Å². The number of halogens is 1. The van der Waals surface area contributed by atoms with Gasteiger partial charge in [-0.05, 0) is 24.3 Å². The van der Waals surface area contributed by atoms with Crippen LogP contribution in [0, 0.1) is 0 Å². The quantitative estimate of drug-likeness (QED) is 0.843. The molecule has 4 nitrogen and oxygen atoms in total. The van der Waals surface area contributed by atoms with Crippen LogP contribution in [0.3, 0.4) is 0 Å². The summed E-state index contributed by atoms with van der Waals surface area (Å²) in [4.78, 5) is 10.1. The van der Waals surface area contributed by atoms with Gasteiger partial charge in [0.15, 0.2) is 4.80 Å².